The Kier molecular flexibility index (Phi) is 3.46. The van der Waals surface area contributed by atoms with Crippen LogP contribution in [0.2, 0.25) is 0 Å². The molecule has 1 rings (SSSR count). The van der Waals surface area contributed by atoms with Crippen LogP contribution < -0.4 is 11.1 Å². The molecule has 1 atom stereocenters. The van der Waals surface area contributed by atoms with Gasteiger partial charge in [0.25, 0.3) is 0 Å². The molecule has 3 N–H and O–H groups in total. The van der Waals surface area contributed by atoms with Crippen LogP contribution in [-0.4, -0.2) is 13.1 Å². The first-order chi connectivity index (χ1) is 6.17. The predicted molar refractivity (Wildman–Crippen MR) is 56.5 cm³/mol. The Bertz CT molecular complexity index is 242. The fourth-order valence-electron chi connectivity index (χ4n) is 1.31. The second-order valence-electron chi connectivity index (χ2n) is 3.56. The lowest BCUT2D eigenvalue weighted by atomic mass is 9.93. The molecule has 13 heavy (non-hydrogen) atoms. The molecule has 72 valence electrons. The van der Waals surface area contributed by atoms with Gasteiger partial charge >= 0.3 is 0 Å². The molecule has 1 unspecified atom stereocenters. The fraction of sp³-hybridized carbons (Fsp3) is 0.455. The molecule has 1 aromatic rings. The number of hydrogen-bond acceptors (Lipinski definition) is 2. The van der Waals surface area contributed by atoms with Crippen molar-refractivity contribution in [2.24, 2.45) is 5.73 Å². The largest absolute Gasteiger partial charge is 0.321 e. The molecule has 1 aromatic carbocycles. The van der Waals surface area contributed by atoms with Crippen molar-refractivity contribution < 1.29 is 0 Å². The summed E-state index contributed by atoms with van der Waals surface area (Å²) in [6.45, 7) is 5.90. The van der Waals surface area contributed by atoms with Crippen molar-refractivity contribution in [2.45, 2.75) is 19.4 Å². The monoisotopic (exact) mass is 178 g/mol. The van der Waals surface area contributed by atoms with Gasteiger partial charge in [0.1, 0.15) is 0 Å². The summed E-state index contributed by atoms with van der Waals surface area (Å²) in [7, 11) is 0. The van der Waals surface area contributed by atoms with Crippen LogP contribution in [0.5, 0.6) is 0 Å². The minimum absolute atomic E-state index is 0.267. The van der Waals surface area contributed by atoms with Gasteiger partial charge in [0.05, 0.1) is 5.54 Å². The van der Waals surface area contributed by atoms with E-state index in [1.807, 2.05) is 25.1 Å². The van der Waals surface area contributed by atoms with Gasteiger partial charge in [-0.25, -0.2) is 0 Å². The lowest BCUT2D eigenvalue weighted by molar-refractivity contribution is 0.453. The first-order valence-electron chi connectivity index (χ1n) is 4.72. The third kappa shape index (κ3) is 2.83. The number of likely N-dealkylation sites (N-methyl/N-ethyl adjacent to an activating group) is 1. The molecule has 0 heterocycles. The highest BCUT2D eigenvalue weighted by molar-refractivity contribution is 5.23. The summed E-state index contributed by atoms with van der Waals surface area (Å²) >= 11 is 0. The molecule has 0 aromatic heterocycles. The first kappa shape index (κ1) is 10.2. The van der Waals surface area contributed by atoms with Gasteiger partial charge in [0.15, 0.2) is 0 Å². The normalized spacial score (nSPS) is 15.3. The fourth-order valence-corrected chi connectivity index (χ4v) is 1.31. The van der Waals surface area contributed by atoms with E-state index in [0.717, 1.165) is 13.1 Å². The average Bonchev–Trinajstić information content (AvgIpc) is 2.16. The van der Waals surface area contributed by atoms with Crippen molar-refractivity contribution in [2.75, 3.05) is 13.1 Å². The zero-order chi connectivity index (χ0) is 9.73. The topological polar surface area (TPSA) is 38.0 Å². The van der Waals surface area contributed by atoms with Crippen LogP contribution in [-0.2, 0) is 5.54 Å². The highest BCUT2D eigenvalue weighted by Crippen LogP contribution is 2.15. The van der Waals surface area contributed by atoms with E-state index in [0.29, 0.717) is 0 Å². The van der Waals surface area contributed by atoms with Gasteiger partial charge in [-0.05, 0) is 19.0 Å². The summed E-state index contributed by atoms with van der Waals surface area (Å²) in [4.78, 5) is 0. The standard InChI is InChI=1S/C11H18N2/c1-3-13-9-11(2,12)10-7-5-4-6-8-10/h4-8,13H,3,9,12H2,1-2H3. The maximum Gasteiger partial charge on any atom is 0.0507 e. The molecular formula is C11H18N2. The van der Waals surface area contributed by atoms with E-state index < -0.39 is 0 Å². The van der Waals surface area contributed by atoms with Crippen LogP contribution in [0.15, 0.2) is 30.3 Å². The molecule has 0 aliphatic carbocycles. The maximum absolute atomic E-state index is 6.16. The third-order valence-electron chi connectivity index (χ3n) is 2.18. The minimum atomic E-state index is -0.267. The summed E-state index contributed by atoms with van der Waals surface area (Å²) in [5.74, 6) is 0. The number of hydrogen-bond donors (Lipinski definition) is 2. The van der Waals surface area contributed by atoms with Crippen LogP contribution in [0.4, 0.5) is 0 Å². The Morgan fingerprint density at radius 1 is 1.31 bits per heavy atom. The molecule has 0 fully saturated rings. The second kappa shape index (κ2) is 4.40. The summed E-state index contributed by atoms with van der Waals surface area (Å²) in [6, 6.07) is 10.2. The predicted octanol–water partition coefficient (Wildman–Crippen LogP) is 1.47. The Hall–Kier alpha value is -0.860. The van der Waals surface area contributed by atoms with Crippen LogP contribution in [0, 0.1) is 0 Å². The quantitative estimate of drug-likeness (QED) is 0.732. The lowest BCUT2D eigenvalue weighted by Gasteiger charge is -2.25. The minimum Gasteiger partial charge on any atom is -0.321 e. The van der Waals surface area contributed by atoms with E-state index in [2.05, 4.69) is 24.4 Å². The molecule has 0 saturated heterocycles. The summed E-state index contributed by atoms with van der Waals surface area (Å²) in [5, 5.41) is 3.26. The first-order valence-corrected chi connectivity index (χ1v) is 4.72. The van der Waals surface area contributed by atoms with Crippen molar-refractivity contribution in [1.82, 2.24) is 5.32 Å². The Morgan fingerprint density at radius 2 is 1.92 bits per heavy atom. The van der Waals surface area contributed by atoms with E-state index in [1.54, 1.807) is 0 Å². The highest BCUT2D eigenvalue weighted by Gasteiger charge is 2.19. The van der Waals surface area contributed by atoms with Gasteiger partial charge in [-0.1, -0.05) is 37.3 Å². The van der Waals surface area contributed by atoms with Crippen LogP contribution in [0.25, 0.3) is 0 Å². The van der Waals surface area contributed by atoms with Gasteiger partial charge in [0, 0.05) is 6.54 Å². The van der Waals surface area contributed by atoms with Crippen LogP contribution in [0.1, 0.15) is 19.4 Å². The second-order valence-corrected chi connectivity index (χ2v) is 3.56. The van der Waals surface area contributed by atoms with Crippen LogP contribution in [0.3, 0.4) is 0 Å². The number of rotatable bonds is 4. The molecule has 0 aliphatic rings. The van der Waals surface area contributed by atoms with E-state index in [4.69, 9.17) is 5.73 Å². The molecule has 0 saturated carbocycles. The third-order valence-corrected chi connectivity index (χ3v) is 2.18. The number of nitrogens with one attached hydrogen (secondary N) is 1. The van der Waals surface area contributed by atoms with Crippen molar-refractivity contribution >= 4 is 0 Å². The van der Waals surface area contributed by atoms with Crippen molar-refractivity contribution in [3.05, 3.63) is 35.9 Å². The lowest BCUT2D eigenvalue weighted by Crippen LogP contribution is -2.43. The Morgan fingerprint density at radius 3 is 2.46 bits per heavy atom. The molecular weight excluding hydrogens is 160 g/mol. The zero-order valence-corrected chi connectivity index (χ0v) is 8.38. The Labute approximate surface area is 80.1 Å². The SMILES string of the molecule is CCNCC(C)(N)c1ccccc1. The van der Waals surface area contributed by atoms with E-state index in [1.165, 1.54) is 5.56 Å². The van der Waals surface area contributed by atoms with Gasteiger partial charge in [-0.3, -0.25) is 0 Å². The van der Waals surface area contributed by atoms with Gasteiger partial charge in [0.2, 0.25) is 0 Å². The van der Waals surface area contributed by atoms with E-state index >= 15 is 0 Å². The van der Waals surface area contributed by atoms with Gasteiger partial charge < -0.3 is 11.1 Å². The summed E-state index contributed by atoms with van der Waals surface area (Å²) in [6.07, 6.45) is 0. The maximum atomic E-state index is 6.16. The highest BCUT2D eigenvalue weighted by atomic mass is 14.9. The van der Waals surface area contributed by atoms with Gasteiger partial charge in [-0.15, -0.1) is 0 Å². The van der Waals surface area contributed by atoms with Crippen molar-refractivity contribution in [3.8, 4) is 0 Å². The van der Waals surface area contributed by atoms with E-state index in [9.17, 15) is 0 Å². The zero-order valence-electron chi connectivity index (χ0n) is 8.38. The van der Waals surface area contributed by atoms with E-state index in [-0.39, 0.29) is 5.54 Å². The Balaban J connectivity index is 2.69. The molecule has 2 nitrogen and oxygen atoms in total. The number of benzene rings is 1. The molecule has 2 heteroatoms. The smallest absolute Gasteiger partial charge is 0.0507 e. The van der Waals surface area contributed by atoms with Gasteiger partial charge in [-0.2, -0.15) is 0 Å². The molecule has 0 bridgehead atoms. The molecule has 0 spiro atoms. The average molecular weight is 178 g/mol. The number of nitrogens with two attached hydrogens (primary N) is 1. The summed E-state index contributed by atoms with van der Waals surface area (Å²) < 4.78 is 0. The van der Waals surface area contributed by atoms with Crippen LogP contribution >= 0.6 is 0 Å². The summed E-state index contributed by atoms with van der Waals surface area (Å²) in [5.41, 5.74) is 7.07. The molecule has 0 aliphatic heterocycles. The van der Waals surface area contributed by atoms with Crippen molar-refractivity contribution in [3.63, 3.8) is 0 Å². The molecule has 0 amide bonds. The molecule has 0 radical (unpaired) electrons. The van der Waals surface area contributed by atoms with Crippen molar-refractivity contribution in [1.29, 1.82) is 0 Å².